The summed E-state index contributed by atoms with van der Waals surface area (Å²) in [6, 6.07) is 16.3. The molecule has 3 heteroatoms. The van der Waals surface area contributed by atoms with Crippen LogP contribution in [0.3, 0.4) is 0 Å². The number of anilines is 1. The highest BCUT2D eigenvalue weighted by Crippen LogP contribution is 2.27. The molecule has 1 aliphatic heterocycles. The highest BCUT2D eigenvalue weighted by Gasteiger charge is 2.46. The van der Waals surface area contributed by atoms with Gasteiger partial charge in [0.15, 0.2) is 6.54 Å². The van der Waals surface area contributed by atoms with E-state index in [2.05, 4.69) is 16.7 Å². The van der Waals surface area contributed by atoms with Crippen molar-refractivity contribution >= 4 is 5.82 Å². The largest absolute Gasteiger partial charge is 0.350 e. The van der Waals surface area contributed by atoms with Crippen molar-refractivity contribution < 1.29 is 9.67 Å². The number of rotatable bonds is 2. The zero-order valence-electron chi connectivity index (χ0n) is 10.5. The Morgan fingerprint density at radius 3 is 2.67 bits per heavy atom. The summed E-state index contributed by atoms with van der Waals surface area (Å²) >= 11 is 0. The molecule has 1 atom stereocenters. The van der Waals surface area contributed by atoms with Gasteiger partial charge in [-0.15, -0.1) is 0 Å². The molecular formula is C15H17N2O+. The van der Waals surface area contributed by atoms with Crippen LogP contribution in [0.25, 0.3) is 0 Å². The minimum atomic E-state index is -0.829. The van der Waals surface area contributed by atoms with Gasteiger partial charge in [-0.2, -0.15) is 0 Å². The summed E-state index contributed by atoms with van der Waals surface area (Å²) in [7, 11) is 0. The summed E-state index contributed by atoms with van der Waals surface area (Å²) in [5, 5.41) is 10.5. The third-order valence-corrected chi connectivity index (χ3v) is 3.43. The van der Waals surface area contributed by atoms with Crippen LogP contribution in [0.4, 0.5) is 5.82 Å². The van der Waals surface area contributed by atoms with Gasteiger partial charge in [0, 0.05) is 13.0 Å². The van der Waals surface area contributed by atoms with Crippen LogP contribution in [-0.2, 0) is 13.1 Å². The number of pyridine rings is 1. The van der Waals surface area contributed by atoms with E-state index in [0.29, 0.717) is 6.54 Å². The van der Waals surface area contributed by atoms with Crippen molar-refractivity contribution in [1.82, 2.24) is 0 Å². The summed E-state index contributed by atoms with van der Waals surface area (Å²) in [4.78, 5) is 2.04. The van der Waals surface area contributed by atoms with E-state index in [-0.39, 0.29) is 0 Å². The van der Waals surface area contributed by atoms with E-state index < -0.39 is 5.72 Å². The summed E-state index contributed by atoms with van der Waals surface area (Å²) in [5.41, 5.74) is 0.375. The molecule has 3 rings (SSSR count). The van der Waals surface area contributed by atoms with Crippen molar-refractivity contribution in [2.75, 3.05) is 4.90 Å². The molecule has 18 heavy (non-hydrogen) atoms. The molecule has 2 aromatic rings. The molecule has 0 saturated heterocycles. The zero-order valence-corrected chi connectivity index (χ0v) is 10.5. The molecule has 0 radical (unpaired) electrons. The maximum Gasteiger partial charge on any atom is 0.279 e. The molecule has 0 amide bonds. The highest BCUT2D eigenvalue weighted by molar-refractivity contribution is 5.39. The Kier molecular flexibility index (Phi) is 2.56. The van der Waals surface area contributed by atoms with Gasteiger partial charge >= 0.3 is 0 Å². The predicted molar refractivity (Wildman–Crippen MR) is 69.9 cm³/mol. The molecule has 1 aliphatic rings. The van der Waals surface area contributed by atoms with Gasteiger partial charge in [-0.3, -0.25) is 0 Å². The fourth-order valence-corrected chi connectivity index (χ4v) is 2.52. The van der Waals surface area contributed by atoms with E-state index in [0.717, 1.165) is 12.4 Å². The van der Waals surface area contributed by atoms with Gasteiger partial charge in [-0.05, 0) is 11.6 Å². The summed E-state index contributed by atoms with van der Waals surface area (Å²) in [6.07, 6.45) is 2.01. The van der Waals surface area contributed by atoms with Crippen LogP contribution in [0.5, 0.6) is 0 Å². The van der Waals surface area contributed by atoms with E-state index in [9.17, 15) is 5.11 Å². The van der Waals surface area contributed by atoms with Crippen LogP contribution in [0.15, 0.2) is 54.7 Å². The van der Waals surface area contributed by atoms with E-state index in [1.807, 2.05) is 54.4 Å². The lowest BCUT2D eigenvalue weighted by Gasteiger charge is -2.23. The Balaban J connectivity index is 1.95. The third-order valence-electron chi connectivity index (χ3n) is 3.43. The first-order chi connectivity index (χ1) is 8.67. The van der Waals surface area contributed by atoms with Crippen molar-refractivity contribution in [1.29, 1.82) is 0 Å². The second kappa shape index (κ2) is 4.10. The van der Waals surface area contributed by atoms with Crippen molar-refractivity contribution in [3.63, 3.8) is 0 Å². The molecule has 0 aliphatic carbocycles. The minimum Gasteiger partial charge on any atom is -0.350 e. The second-order valence-corrected chi connectivity index (χ2v) is 4.98. The Morgan fingerprint density at radius 1 is 1.17 bits per heavy atom. The number of hydrogen-bond donors (Lipinski definition) is 1. The van der Waals surface area contributed by atoms with Crippen LogP contribution in [0, 0.1) is 0 Å². The quantitative estimate of drug-likeness (QED) is 0.810. The van der Waals surface area contributed by atoms with E-state index >= 15 is 0 Å². The molecular weight excluding hydrogens is 224 g/mol. The minimum absolute atomic E-state index is 0.607. The normalized spacial score (nSPS) is 22.0. The Morgan fingerprint density at radius 2 is 1.89 bits per heavy atom. The fourth-order valence-electron chi connectivity index (χ4n) is 2.52. The van der Waals surface area contributed by atoms with E-state index in [4.69, 9.17) is 0 Å². The lowest BCUT2D eigenvalue weighted by molar-refractivity contribution is -0.681. The first-order valence-corrected chi connectivity index (χ1v) is 6.19. The molecule has 3 nitrogen and oxygen atoms in total. The van der Waals surface area contributed by atoms with E-state index in [1.165, 1.54) is 5.56 Å². The van der Waals surface area contributed by atoms with Crippen LogP contribution >= 0.6 is 0 Å². The maximum atomic E-state index is 10.5. The average Bonchev–Trinajstić information content (AvgIpc) is 2.62. The number of nitrogens with zero attached hydrogens (tertiary/aromatic N) is 2. The number of benzene rings is 1. The van der Waals surface area contributed by atoms with Gasteiger partial charge < -0.3 is 5.11 Å². The average molecular weight is 241 g/mol. The monoisotopic (exact) mass is 241 g/mol. The maximum absolute atomic E-state index is 10.5. The second-order valence-electron chi connectivity index (χ2n) is 4.98. The smallest absolute Gasteiger partial charge is 0.279 e. The van der Waals surface area contributed by atoms with E-state index in [1.54, 1.807) is 0 Å². The van der Waals surface area contributed by atoms with Gasteiger partial charge in [0.05, 0.1) is 6.20 Å². The molecule has 0 saturated carbocycles. The number of hydrogen-bond acceptors (Lipinski definition) is 2. The van der Waals surface area contributed by atoms with Gasteiger partial charge in [0.25, 0.3) is 5.82 Å². The molecule has 0 fully saturated rings. The molecule has 1 aromatic heterocycles. The predicted octanol–water partition coefficient (Wildman–Crippen LogP) is 1.70. The first kappa shape index (κ1) is 11.2. The number of aliphatic hydroxyl groups is 1. The molecule has 2 heterocycles. The van der Waals surface area contributed by atoms with Crippen LogP contribution in [-0.4, -0.2) is 10.8 Å². The standard InChI is InChI=1S/C15H17N2O/c1-15(18)12-16-10-6-5-9-14(16)17(15)11-13-7-3-2-4-8-13/h2-10,18H,11-12H2,1H3/q+1. The molecule has 1 unspecified atom stereocenters. The van der Waals surface area contributed by atoms with Gasteiger partial charge in [0.2, 0.25) is 5.72 Å². The van der Waals surface area contributed by atoms with Gasteiger partial charge in [-0.1, -0.05) is 36.4 Å². The summed E-state index contributed by atoms with van der Waals surface area (Å²) in [5.74, 6) is 1.06. The highest BCUT2D eigenvalue weighted by atomic mass is 16.3. The van der Waals surface area contributed by atoms with Gasteiger partial charge in [0.1, 0.15) is 6.54 Å². The van der Waals surface area contributed by atoms with Crippen LogP contribution in [0.1, 0.15) is 12.5 Å². The SMILES string of the molecule is CC1(O)C[n+]2ccccc2N1Cc1ccccc1. The summed E-state index contributed by atoms with van der Waals surface area (Å²) in [6.45, 7) is 3.19. The van der Waals surface area contributed by atoms with Crippen molar-refractivity contribution in [2.45, 2.75) is 25.7 Å². The lowest BCUT2D eigenvalue weighted by atomic mass is 10.1. The molecule has 92 valence electrons. The Bertz CT molecular complexity index is 551. The van der Waals surface area contributed by atoms with Crippen LogP contribution in [0.2, 0.25) is 0 Å². The van der Waals surface area contributed by atoms with Crippen molar-refractivity contribution in [3.8, 4) is 0 Å². The topological polar surface area (TPSA) is 27.4 Å². The number of fused-ring (bicyclic) bond motifs is 1. The third kappa shape index (κ3) is 1.87. The molecule has 0 spiro atoms. The van der Waals surface area contributed by atoms with Crippen molar-refractivity contribution in [3.05, 3.63) is 60.3 Å². The zero-order chi connectivity index (χ0) is 12.6. The first-order valence-electron chi connectivity index (χ1n) is 6.19. The Labute approximate surface area is 107 Å². The lowest BCUT2D eigenvalue weighted by Crippen LogP contribution is -2.45. The van der Waals surface area contributed by atoms with Crippen LogP contribution < -0.4 is 9.47 Å². The molecule has 1 N–H and O–H groups in total. The fraction of sp³-hybridized carbons (Fsp3) is 0.267. The summed E-state index contributed by atoms with van der Waals surface area (Å²) < 4.78 is 2.09. The molecule has 0 bridgehead atoms. The molecule has 1 aromatic carbocycles. The number of aromatic nitrogens is 1. The van der Waals surface area contributed by atoms with Gasteiger partial charge in [-0.25, -0.2) is 9.47 Å². The Hall–Kier alpha value is -1.87. The van der Waals surface area contributed by atoms with Crippen molar-refractivity contribution in [2.24, 2.45) is 0 Å².